The zero-order valence-electron chi connectivity index (χ0n) is 5.51. The van der Waals surface area contributed by atoms with Crippen LogP contribution < -0.4 is 5.84 Å². The molecular weight excluding hydrogens is 104 g/mol. The van der Waals surface area contributed by atoms with Crippen molar-refractivity contribution in [1.29, 1.82) is 0 Å². The van der Waals surface area contributed by atoms with Crippen molar-refractivity contribution in [2.75, 3.05) is 0 Å². The summed E-state index contributed by atoms with van der Waals surface area (Å²) in [5, 5.41) is 1.13. The van der Waals surface area contributed by atoms with Crippen molar-refractivity contribution >= 4 is 6.41 Å². The maximum Gasteiger partial charge on any atom is 0.224 e. The van der Waals surface area contributed by atoms with E-state index in [2.05, 4.69) is 0 Å². The molecule has 0 aliphatic carbocycles. The van der Waals surface area contributed by atoms with Gasteiger partial charge in [-0.1, -0.05) is 0 Å². The van der Waals surface area contributed by atoms with Crippen LogP contribution in [0.4, 0.5) is 0 Å². The Bertz CT molecular complexity index is 84.9. The van der Waals surface area contributed by atoms with Gasteiger partial charge in [0.25, 0.3) is 0 Å². The lowest BCUT2D eigenvalue weighted by molar-refractivity contribution is -0.122. The molecule has 0 spiro atoms. The molecule has 0 radical (unpaired) electrons. The minimum atomic E-state index is -0.248. The van der Waals surface area contributed by atoms with Crippen molar-refractivity contribution in [3.63, 3.8) is 0 Å². The molecule has 0 fully saturated rings. The summed E-state index contributed by atoms with van der Waals surface area (Å²) >= 11 is 0. The lowest BCUT2D eigenvalue weighted by atomic mass is 10.1. The molecule has 0 atom stereocenters. The standard InChI is InChI=1S/C5H12N2O/c1-5(2,3)7(6)4-8/h4H,6H2,1-3H3. The van der Waals surface area contributed by atoms with Crippen LogP contribution in [0.1, 0.15) is 20.8 Å². The fourth-order valence-corrected chi connectivity index (χ4v) is 0.158. The molecule has 8 heavy (non-hydrogen) atoms. The highest BCUT2D eigenvalue weighted by atomic mass is 16.1. The summed E-state index contributed by atoms with van der Waals surface area (Å²) in [7, 11) is 0. The van der Waals surface area contributed by atoms with E-state index in [4.69, 9.17) is 5.84 Å². The van der Waals surface area contributed by atoms with Gasteiger partial charge in [-0.15, -0.1) is 0 Å². The summed E-state index contributed by atoms with van der Waals surface area (Å²) in [6.45, 7) is 5.59. The Kier molecular flexibility index (Phi) is 1.98. The summed E-state index contributed by atoms with van der Waals surface area (Å²) in [6.07, 6.45) is 0.611. The van der Waals surface area contributed by atoms with Gasteiger partial charge in [0.1, 0.15) is 0 Å². The Hall–Kier alpha value is -0.570. The molecule has 0 unspecified atom stereocenters. The predicted molar refractivity (Wildman–Crippen MR) is 31.8 cm³/mol. The van der Waals surface area contributed by atoms with E-state index in [1.807, 2.05) is 20.8 Å². The average molecular weight is 116 g/mol. The van der Waals surface area contributed by atoms with Gasteiger partial charge in [0, 0.05) is 0 Å². The van der Waals surface area contributed by atoms with Crippen molar-refractivity contribution in [1.82, 2.24) is 5.01 Å². The Morgan fingerprint density at radius 3 is 1.88 bits per heavy atom. The second-order valence-electron chi connectivity index (χ2n) is 2.68. The van der Waals surface area contributed by atoms with E-state index in [0.717, 1.165) is 5.01 Å². The van der Waals surface area contributed by atoms with Gasteiger partial charge in [-0.05, 0) is 20.8 Å². The number of carbonyl (C=O) groups is 1. The lowest BCUT2D eigenvalue weighted by Crippen LogP contribution is -2.45. The third kappa shape index (κ3) is 1.93. The van der Waals surface area contributed by atoms with E-state index in [9.17, 15) is 4.79 Å². The molecule has 48 valence electrons. The van der Waals surface area contributed by atoms with Crippen molar-refractivity contribution in [3.05, 3.63) is 0 Å². The molecule has 3 nitrogen and oxygen atoms in total. The van der Waals surface area contributed by atoms with Crippen molar-refractivity contribution in [3.8, 4) is 0 Å². The topological polar surface area (TPSA) is 46.3 Å². The Labute approximate surface area is 49.4 Å². The molecule has 0 aliphatic heterocycles. The molecular formula is C5H12N2O. The molecule has 0 heterocycles. The molecule has 0 saturated carbocycles. The summed E-state index contributed by atoms with van der Waals surface area (Å²) in [5.41, 5.74) is -0.248. The van der Waals surface area contributed by atoms with E-state index in [1.54, 1.807) is 0 Å². The highest BCUT2D eigenvalue weighted by molar-refractivity contribution is 5.47. The first-order valence-electron chi connectivity index (χ1n) is 2.48. The fourth-order valence-electron chi connectivity index (χ4n) is 0.158. The molecule has 2 N–H and O–H groups in total. The summed E-state index contributed by atoms with van der Waals surface area (Å²) in [5.74, 6) is 5.22. The van der Waals surface area contributed by atoms with E-state index >= 15 is 0 Å². The Morgan fingerprint density at radius 1 is 1.50 bits per heavy atom. The molecule has 0 aromatic rings. The maximum atomic E-state index is 9.95. The third-order valence-electron chi connectivity index (χ3n) is 0.888. The molecule has 0 saturated heterocycles. The Morgan fingerprint density at radius 2 is 1.88 bits per heavy atom. The first-order chi connectivity index (χ1) is 3.48. The monoisotopic (exact) mass is 116 g/mol. The first-order valence-corrected chi connectivity index (χ1v) is 2.48. The molecule has 1 amide bonds. The largest absolute Gasteiger partial charge is 0.278 e. The fraction of sp³-hybridized carbons (Fsp3) is 0.800. The summed E-state index contributed by atoms with van der Waals surface area (Å²) in [4.78, 5) is 9.95. The van der Waals surface area contributed by atoms with Crippen molar-refractivity contribution in [2.24, 2.45) is 5.84 Å². The maximum absolute atomic E-state index is 9.95. The van der Waals surface area contributed by atoms with Crippen LogP contribution in [0, 0.1) is 0 Å². The number of carbonyl (C=O) groups excluding carboxylic acids is 1. The zero-order chi connectivity index (χ0) is 6.78. The quantitative estimate of drug-likeness (QED) is 0.229. The smallest absolute Gasteiger partial charge is 0.224 e. The van der Waals surface area contributed by atoms with Crippen molar-refractivity contribution < 1.29 is 4.79 Å². The van der Waals surface area contributed by atoms with Gasteiger partial charge in [0.15, 0.2) is 0 Å². The van der Waals surface area contributed by atoms with Crippen molar-refractivity contribution in [2.45, 2.75) is 26.3 Å². The van der Waals surface area contributed by atoms with Crippen LogP contribution in [0.25, 0.3) is 0 Å². The van der Waals surface area contributed by atoms with E-state index < -0.39 is 0 Å². The number of hydrogen-bond acceptors (Lipinski definition) is 2. The molecule has 0 bridgehead atoms. The average Bonchev–Trinajstić information content (AvgIpc) is 1.62. The second-order valence-corrected chi connectivity index (χ2v) is 2.68. The summed E-state index contributed by atoms with van der Waals surface area (Å²) in [6, 6.07) is 0. The number of hydrazine groups is 1. The molecule has 0 aliphatic rings. The first kappa shape index (κ1) is 7.43. The molecule has 0 aromatic heterocycles. The zero-order valence-corrected chi connectivity index (χ0v) is 5.51. The molecule has 0 rings (SSSR count). The number of amides is 1. The number of nitrogens with two attached hydrogens (primary N) is 1. The van der Waals surface area contributed by atoms with E-state index in [1.165, 1.54) is 0 Å². The van der Waals surface area contributed by atoms with Gasteiger partial charge >= 0.3 is 0 Å². The van der Waals surface area contributed by atoms with Gasteiger partial charge in [0.05, 0.1) is 5.54 Å². The van der Waals surface area contributed by atoms with Crippen LogP contribution >= 0.6 is 0 Å². The van der Waals surface area contributed by atoms with E-state index in [-0.39, 0.29) is 5.54 Å². The van der Waals surface area contributed by atoms with Crippen LogP contribution in [0.15, 0.2) is 0 Å². The van der Waals surface area contributed by atoms with Gasteiger partial charge in [-0.2, -0.15) is 0 Å². The predicted octanol–water partition coefficient (Wildman–Crippen LogP) is 0.117. The van der Waals surface area contributed by atoms with Gasteiger partial charge in [0.2, 0.25) is 6.41 Å². The highest BCUT2D eigenvalue weighted by Crippen LogP contribution is 2.04. The van der Waals surface area contributed by atoms with Crippen LogP contribution in [-0.2, 0) is 4.79 Å². The van der Waals surface area contributed by atoms with Crippen LogP contribution in [0.2, 0.25) is 0 Å². The second kappa shape index (κ2) is 2.13. The van der Waals surface area contributed by atoms with Crippen LogP contribution in [-0.4, -0.2) is 17.0 Å². The lowest BCUT2D eigenvalue weighted by Gasteiger charge is -2.26. The Balaban J connectivity index is 3.80. The van der Waals surface area contributed by atoms with Gasteiger partial charge in [-0.25, -0.2) is 5.84 Å². The minimum absolute atomic E-state index is 0.248. The number of rotatable bonds is 1. The number of nitrogens with zero attached hydrogens (tertiary/aromatic N) is 1. The molecule has 0 aromatic carbocycles. The molecule has 3 heteroatoms. The number of hydrogen-bond donors (Lipinski definition) is 1. The van der Waals surface area contributed by atoms with Crippen LogP contribution in [0.5, 0.6) is 0 Å². The third-order valence-corrected chi connectivity index (χ3v) is 0.888. The SMILES string of the molecule is CC(C)(C)N(N)C=O. The highest BCUT2D eigenvalue weighted by Gasteiger charge is 2.14. The normalized spacial score (nSPS) is 11.0. The van der Waals surface area contributed by atoms with Gasteiger partial charge < -0.3 is 0 Å². The van der Waals surface area contributed by atoms with E-state index in [0.29, 0.717) is 6.41 Å². The van der Waals surface area contributed by atoms with Crippen LogP contribution in [0.3, 0.4) is 0 Å². The summed E-state index contributed by atoms with van der Waals surface area (Å²) < 4.78 is 0. The van der Waals surface area contributed by atoms with Gasteiger partial charge in [-0.3, -0.25) is 9.80 Å². The minimum Gasteiger partial charge on any atom is -0.278 e.